The van der Waals surface area contributed by atoms with Crippen molar-refractivity contribution < 1.29 is 9.47 Å². The molecule has 0 amide bonds. The molecule has 1 aromatic carbocycles. The molecule has 5 nitrogen and oxygen atoms in total. The van der Waals surface area contributed by atoms with Crippen molar-refractivity contribution in [2.45, 2.75) is 33.4 Å². The number of ether oxygens (including phenoxy) is 2. The molecule has 21 heavy (non-hydrogen) atoms. The first kappa shape index (κ1) is 15.3. The van der Waals surface area contributed by atoms with Crippen molar-refractivity contribution in [2.24, 2.45) is 0 Å². The van der Waals surface area contributed by atoms with Gasteiger partial charge in [0.05, 0.1) is 24.7 Å². The molecule has 0 aliphatic rings. The summed E-state index contributed by atoms with van der Waals surface area (Å²) < 4.78 is 11.0. The van der Waals surface area contributed by atoms with Crippen LogP contribution in [-0.4, -0.2) is 22.6 Å². The number of nitrogens with zero attached hydrogens (tertiary/aromatic N) is 2. The zero-order chi connectivity index (χ0) is 15.1. The van der Waals surface area contributed by atoms with Crippen LogP contribution in [0.4, 0.5) is 0 Å². The Morgan fingerprint density at radius 1 is 1.05 bits per heavy atom. The Kier molecular flexibility index (Phi) is 5.51. The van der Waals surface area contributed by atoms with Gasteiger partial charge in [0.1, 0.15) is 11.5 Å². The van der Waals surface area contributed by atoms with Crippen LogP contribution in [0.3, 0.4) is 0 Å². The Hall–Kier alpha value is -2.14. The van der Waals surface area contributed by atoms with Gasteiger partial charge in [0.25, 0.3) is 0 Å². The summed E-state index contributed by atoms with van der Waals surface area (Å²) >= 11 is 0. The predicted molar refractivity (Wildman–Crippen MR) is 81.7 cm³/mol. The smallest absolute Gasteiger partial charge is 0.237 e. The fraction of sp³-hybridized carbons (Fsp3) is 0.375. The largest absolute Gasteiger partial charge is 0.494 e. The summed E-state index contributed by atoms with van der Waals surface area (Å²) in [6.45, 7) is 7.49. The zero-order valence-corrected chi connectivity index (χ0v) is 12.7. The molecule has 0 bridgehead atoms. The molecular formula is C16H21N3O2. The topological polar surface area (TPSA) is 56.3 Å². The highest BCUT2D eigenvalue weighted by atomic mass is 16.5. The van der Waals surface area contributed by atoms with E-state index in [1.165, 1.54) is 0 Å². The summed E-state index contributed by atoms with van der Waals surface area (Å²) in [5.74, 6) is 2.01. The van der Waals surface area contributed by atoms with Gasteiger partial charge in [-0.2, -0.15) is 0 Å². The molecule has 0 unspecified atom stereocenters. The van der Waals surface area contributed by atoms with Gasteiger partial charge in [0.15, 0.2) is 0 Å². The maximum atomic E-state index is 5.64. The van der Waals surface area contributed by atoms with Gasteiger partial charge in [-0.05, 0) is 31.2 Å². The second kappa shape index (κ2) is 7.59. The van der Waals surface area contributed by atoms with Gasteiger partial charge >= 0.3 is 0 Å². The second-order valence-electron chi connectivity index (χ2n) is 4.89. The lowest BCUT2D eigenvalue weighted by atomic mass is 10.3. The van der Waals surface area contributed by atoms with Crippen LogP contribution >= 0.6 is 0 Å². The summed E-state index contributed by atoms with van der Waals surface area (Å²) in [7, 11) is 0. The van der Waals surface area contributed by atoms with Crippen LogP contribution in [0.2, 0.25) is 0 Å². The Morgan fingerprint density at radius 3 is 2.33 bits per heavy atom. The molecule has 2 rings (SSSR count). The second-order valence-corrected chi connectivity index (χ2v) is 4.89. The van der Waals surface area contributed by atoms with Crippen molar-refractivity contribution in [2.75, 3.05) is 6.61 Å². The van der Waals surface area contributed by atoms with E-state index in [-0.39, 0.29) is 0 Å². The molecule has 2 aromatic rings. The van der Waals surface area contributed by atoms with Crippen molar-refractivity contribution in [3.63, 3.8) is 0 Å². The molecule has 112 valence electrons. The Balaban J connectivity index is 1.93. The highest BCUT2D eigenvalue weighted by Gasteiger charge is 2.02. The van der Waals surface area contributed by atoms with Gasteiger partial charge in [-0.25, -0.2) is 4.98 Å². The van der Waals surface area contributed by atoms with E-state index in [0.717, 1.165) is 11.4 Å². The van der Waals surface area contributed by atoms with Gasteiger partial charge in [-0.15, -0.1) is 0 Å². The molecule has 0 atom stereocenters. The van der Waals surface area contributed by atoms with E-state index in [4.69, 9.17) is 9.47 Å². The summed E-state index contributed by atoms with van der Waals surface area (Å²) in [6.07, 6.45) is 3.35. The van der Waals surface area contributed by atoms with E-state index >= 15 is 0 Å². The van der Waals surface area contributed by atoms with Crippen LogP contribution in [0, 0.1) is 0 Å². The number of hydrogen-bond acceptors (Lipinski definition) is 5. The van der Waals surface area contributed by atoms with Crippen LogP contribution in [0.5, 0.6) is 17.4 Å². The number of nitrogens with one attached hydrogen (secondary N) is 1. The van der Waals surface area contributed by atoms with Gasteiger partial charge in [0, 0.05) is 12.6 Å². The van der Waals surface area contributed by atoms with Crippen LogP contribution < -0.4 is 14.8 Å². The van der Waals surface area contributed by atoms with E-state index in [0.29, 0.717) is 30.8 Å². The third kappa shape index (κ3) is 5.04. The summed E-state index contributed by atoms with van der Waals surface area (Å²) in [4.78, 5) is 8.57. The Morgan fingerprint density at radius 2 is 1.76 bits per heavy atom. The van der Waals surface area contributed by atoms with E-state index < -0.39 is 0 Å². The third-order valence-electron chi connectivity index (χ3n) is 2.73. The minimum absolute atomic E-state index is 0.423. The molecule has 0 saturated carbocycles. The lowest BCUT2D eigenvalue weighted by Crippen LogP contribution is -2.22. The normalized spacial score (nSPS) is 10.7. The SMILES string of the molecule is CCOc1ccc(Oc2cnc(CNC(C)C)cn2)cc1. The molecular weight excluding hydrogens is 266 g/mol. The van der Waals surface area contributed by atoms with Crippen molar-refractivity contribution >= 4 is 0 Å². The van der Waals surface area contributed by atoms with Gasteiger partial charge in [-0.3, -0.25) is 4.98 Å². The fourth-order valence-corrected chi connectivity index (χ4v) is 1.69. The van der Waals surface area contributed by atoms with Gasteiger partial charge in [-0.1, -0.05) is 13.8 Å². The molecule has 0 radical (unpaired) electrons. The van der Waals surface area contributed by atoms with Crippen molar-refractivity contribution in [1.82, 2.24) is 15.3 Å². The van der Waals surface area contributed by atoms with Crippen molar-refractivity contribution in [1.29, 1.82) is 0 Å². The first-order chi connectivity index (χ1) is 10.2. The molecule has 0 saturated heterocycles. The number of benzene rings is 1. The molecule has 0 fully saturated rings. The molecule has 0 aliphatic heterocycles. The highest BCUT2D eigenvalue weighted by molar-refractivity contribution is 5.33. The monoisotopic (exact) mass is 287 g/mol. The van der Waals surface area contributed by atoms with Crippen molar-refractivity contribution in [3.05, 3.63) is 42.4 Å². The highest BCUT2D eigenvalue weighted by Crippen LogP contribution is 2.21. The average Bonchev–Trinajstić information content (AvgIpc) is 2.49. The Labute approximate surface area is 125 Å². The third-order valence-corrected chi connectivity index (χ3v) is 2.73. The summed E-state index contributed by atoms with van der Waals surface area (Å²) in [5, 5.41) is 3.29. The van der Waals surface area contributed by atoms with E-state index in [2.05, 4.69) is 29.1 Å². The van der Waals surface area contributed by atoms with Gasteiger partial charge in [0.2, 0.25) is 5.88 Å². The molecule has 1 heterocycles. The number of rotatable bonds is 7. The van der Waals surface area contributed by atoms with E-state index in [1.54, 1.807) is 12.4 Å². The zero-order valence-electron chi connectivity index (χ0n) is 12.7. The number of hydrogen-bond donors (Lipinski definition) is 1. The Bertz CT molecular complexity index is 538. The summed E-state index contributed by atoms with van der Waals surface area (Å²) in [5.41, 5.74) is 0.891. The lowest BCUT2D eigenvalue weighted by molar-refractivity contribution is 0.339. The van der Waals surface area contributed by atoms with E-state index in [1.807, 2.05) is 31.2 Å². The lowest BCUT2D eigenvalue weighted by Gasteiger charge is -2.08. The maximum absolute atomic E-state index is 5.64. The van der Waals surface area contributed by atoms with Gasteiger partial charge < -0.3 is 14.8 Å². The van der Waals surface area contributed by atoms with Crippen molar-refractivity contribution in [3.8, 4) is 17.4 Å². The van der Waals surface area contributed by atoms with E-state index in [9.17, 15) is 0 Å². The first-order valence-electron chi connectivity index (χ1n) is 7.12. The van der Waals surface area contributed by atoms with Crippen LogP contribution in [0.15, 0.2) is 36.7 Å². The molecule has 1 N–H and O–H groups in total. The number of aromatic nitrogens is 2. The van der Waals surface area contributed by atoms with Crippen LogP contribution in [-0.2, 0) is 6.54 Å². The first-order valence-corrected chi connectivity index (χ1v) is 7.12. The molecule has 0 aliphatic carbocycles. The maximum Gasteiger partial charge on any atom is 0.237 e. The fourth-order valence-electron chi connectivity index (χ4n) is 1.69. The quantitative estimate of drug-likeness (QED) is 0.847. The predicted octanol–water partition coefficient (Wildman–Crippen LogP) is 3.17. The molecule has 0 spiro atoms. The minimum atomic E-state index is 0.423. The standard InChI is InChI=1S/C16H21N3O2/c1-4-20-14-5-7-15(8-6-14)21-16-11-18-13(10-19-16)9-17-12(2)3/h5-8,10-12,17H,4,9H2,1-3H3. The summed E-state index contributed by atoms with van der Waals surface area (Å²) in [6, 6.07) is 7.86. The molecule has 5 heteroatoms. The molecule has 1 aromatic heterocycles. The van der Waals surface area contributed by atoms with Crippen LogP contribution in [0.25, 0.3) is 0 Å². The minimum Gasteiger partial charge on any atom is -0.494 e. The average molecular weight is 287 g/mol. The van der Waals surface area contributed by atoms with Crippen LogP contribution in [0.1, 0.15) is 26.5 Å².